The van der Waals surface area contributed by atoms with E-state index in [1.54, 1.807) is 36.4 Å². The normalized spacial score (nSPS) is 12.7. The molecule has 0 aliphatic rings. The number of nitrogens with two attached hydrogens (primary N) is 1. The van der Waals surface area contributed by atoms with E-state index in [-0.39, 0.29) is 10.3 Å². The Kier molecular flexibility index (Phi) is 6.77. The van der Waals surface area contributed by atoms with Crippen molar-refractivity contribution in [1.82, 2.24) is 0 Å². The molecule has 0 fully saturated rings. The maximum atomic E-state index is 12.1. The zero-order chi connectivity index (χ0) is 28.7. The maximum Gasteiger partial charge on any atom is 0.296 e. The van der Waals surface area contributed by atoms with Crippen molar-refractivity contribution in [3.63, 3.8) is 0 Å². The number of phenolic OH excluding ortho intramolecular Hbond substituents is 1. The fourth-order valence-electron chi connectivity index (χ4n) is 3.99. The third kappa shape index (κ3) is 5.37. The third-order valence-corrected chi connectivity index (χ3v) is 7.63. The number of aromatic hydroxyl groups is 1. The Morgan fingerprint density at radius 2 is 1.23 bits per heavy atom. The van der Waals surface area contributed by atoms with Crippen LogP contribution in [0.1, 0.15) is 0 Å². The number of nitrogen functional groups attached to an aromatic ring is 1. The summed E-state index contributed by atoms with van der Waals surface area (Å²) < 4.78 is 65.6. The van der Waals surface area contributed by atoms with E-state index >= 15 is 0 Å². The monoisotopic (exact) mass is 577 g/mol. The highest BCUT2D eigenvalue weighted by molar-refractivity contribution is 7.86. The number of nitrogens with zero attached hydrogens (tertiary/aromatic N) is 4. The minimum absolute atomic E-state index is 0.228. The predicted molar refractivity (Wildman–Crippen MR) is 148 cm³/mol. The van der Waals surface area contributed by atoms with Crippen LogP contribution in [-0.2, 0) is 20.2 Å². The molecule has 0 aromatic heterocycles. The highest BCUT2D eigenvalue weighted by Gasteiger charge is 2.22. The molecule has 0 bridgehead atoms. The van der Waals surface area contributed by atoms with Gasteiger partial charge < -0.3 is 10.8 Å². The summed E-state index contributed by atoms with van der Waals surface area (Å²) in [6, 6.07) is 21.0. The van der Waals surface area contributed by atoms with Crippen molar-refractivity contribution >= 4 is 70.2 Å². The Labute approximate surface area is 227 Å². The third-order valence-electron chi connectivity index (χ3n) is 5.90. The second-order valence-electron chi connectivity index (χ2n) is 8.55. The van der Waals surface area contributed by atoms with Gasteiger partial charge in [-0.25, -0.2) is 0 Å². The summed E-state index contributed by atoms with van der Waals surface area (Å²) in [4.78, 5) is -0.898. The van der Waals surface area contributed by atoms with Gasteiger partial charge >= 0.3 is 0 Å². The lowest BCUT2D eigenvalue weighted by Crippen LogP contribution is -1.99. The number of fused-ring (bicyclic) bond motifs is 2. The van der Waals surface area contributed by atoms with E-state index in [9.17, 15) is 26.5 Å². The molecule has 5 N–H and O–H groups in total. The first-order valence-electron chi connectivity index (χ1n) is 11.4. The van der Waals surface area contributed by atoms with E-state index in [0.717, 1.165) is 0 Å². The highest BCUT2D eigenvalue weighted by atomic mass is 32.2. The summed E-state index contributed by atoms with van der Waals surface area (Å²) in [6.07, 6.45) is 0. The SMILES string of the molecule is Nc1ccc2cc(S(=O)(=O)O)c(N=Nc3ccc(N=Nc4ccc(S(=O)(=O)O)cc4)c4ccccc34)c(O)c2c1. The Morgan fingerprint density at radius 1 is 0.625 bits per heavy atom. The second-order valence-corrected chi connectivity index (χ2v) is 11.4. The minimum Gasteiger partial charge on any atom is -0.505 e. The van der Waals surface area contributed by atoms with Crippen molar-refractivity contribution in [2.75, 3.05) is 5.73 Å². The van der Waals surface area contributed by atoms with Crippen molar-refractivity contribution < 1.29 is 31.0 Å². The molecule has 14 heteroatoms. The van der Waals surface area contributed by atoms with Crippen molar-refractivity contribution in [2.45, 2.75) is 9.79 Å². The fraction of sp³-hybridized carbons (Fsp3) is 0. The van der Waals surface area contributed by atoms with Crippen LogP contribution in [0.3, 0.4) is 0 Å². The summed E-state index contributed by atoms with van der Waals surface area (Å²) in [7, 11) is -9.11. The van der Waals surface area contributed by atoms with E-state index in [1.165, 1.54) is 48.5 Å². The first-order chi connectivity index (χ1) is 18.9. The fourth-order valence-corrected chi connectivity index (χ4v) is 5.13. The number of benzene rings is 5. The van der Waals surface area contributed by atoms with Gasteiger partial charge in [-0.3, -0.25) is 9.11 Å². The average Bonchev–Trinajstić information content (AvgIpc) is 2.91. The van der Waals surface area contributed by atoms with E-state index in [0.29, 0.717) is 38.9 Å². The molecular formula is C26H19N5O7S2. The smallest absolute Gasteiger partial charge is 0.296 e. The van der Waals surface area contributed by atoms with Gasteiger partial charge in [-0.15, -0.1) is 15.3 Å². The number of anilines is 1. The van der Waals surface area contributed by atoms with Gasteiger partial charge in [-0.1, -0.05) is 30.3 Å². The summed E-state index contributed by atoms with van der Waals surface area (Å²) in [5.74, 6) is -0.518. The Bertz CT molecular complexity index is 2080. The van der Waals surface area contributed by atoms with Crippen LogP contribution in [-0.4, -0.2) is 31.0 Å². The number of hydrogen-bond donors (Lipinski definition) is 4. The molecule has 0 aliphatic heterocycles. The number of rotatable bonds is 6. The molecule has 0 unspecified atom stereocenters. The largest absolute Gasteiger partial charge is 0.505 e. The van der Waals surface area contributed by atoms with Crippen molar-refractivity contribution in [3.8, 4) is 5.75 Å². The molecule has 5 aromatic carbocycles. The van der Waals surface area contributed by atoms with E-state index in [4.69, 9.17) is 10.3 Å². The van der Waals surface area contributed by atoms with Crippen LogP contribution in [0, 0.1) is 0 Å². The molecule has 5 aromatic rings. The molecule has 12 nitrogen and oxygen atoms in total. The molecule has 0 aliphatic carbocycles. The molecule has 0 radical (unpaired) electrons. The Balaban J connectivity index is 1.56. The summed E-state index contributed by atoms with van der Waals surface area (Å²) in [5.41, 5.74) is 6.77. The topological polar surface area (TPSA) is 204 Å². The van der Waals surface area contributed by atoms with Crippen molar-refractivity contribution in [2.24, 2.45) is 20.5 Å². The van der Waals surface area contributed by atoms with Gasteiger partial charge in [0.2, 0.25) is 0 Å². The molecule has 0 spiro atoms. The van der Waals surface area contributed by atoms with Gasteiger partial charge in [-0.05, 0) is 60.0 Å². The lowest BCUT2D eigenvalue weighted by atomic mass is 10.1. The molecule has 202 valence electrons. The first kappa shape index (κ1) is 26.8. The molecular weight excluding hydrogens is 558 g/mol. The lowest BCUT2D eigenvalue weighted by molar-refractivity contribution is 0.472. The predicted octanol–water partition coefficient (Wildman–Crippen LogP) is 6.61. The Hall–Kier alpha value is -4.76. The van der Waals surface area contributed by atoms with Gasteiger partial charge in [0.05, 0.1) is 22.0 Å². The van der Waals surface area contributed by atoms with Crippen LogP contribution < -0.4 is 5.73 Å². The van der Waals surface area contributed by atoms with E-state index in [2.05, 4.69) is 20.5 Å². The van der Waals surface area contributed by atoms with Crippen LogP contribution in [0.4, 0.5) is 28.4 Å². The standard InChI is InChI=1S/C26H19N5O7S2/c27-16-6-5-15-13-24(40(36,37)38)25(26(32)21(15)14-16)31-30-23-12-11-22(19-3-1-2-4-20(19)23)29-28-17-7-9-18(10-8-17)39(33,34)35/h1-14,32H,27H2,(H,33,34,35)(H,36,37,38). The van der Waals surface area contributed by atoms with Gasteiger partial charge in [0.15, 0.2) is 5.75 Å². The molecule has 0 saturated carbocycles. The van der Waals surface area contributed by atoms with Crippen LogP contribution in [0.15, 0.2) is 115 Å². The number of phenols is 1. The van der Waals surface area contributed by atoms with Crippen LogP contribution in [0.25, 0.3) is 21.5 Å². The van der Waals surface area contributed by atoms with Crippen LogP contribution in [0.5, 0.6) is 5.75 Å². The Morgan fingerprint density at radius 3 is 1.80 bits per heavy atom. The first-order valence-corrected chi connectivity index (χ1v) is 14.3. The molecule has 5 rings (SSSR count). The van der Waals surface area contributed by atoms with Gasteiger partial charge in [0, 0.05) is 21.8 Å². The zero-order valence-electron chi connectivity index (χ0n) is 20.2. The lowest BCUT2D eigenvalue weighted by Gasteiger charge is -2.09. The quantitative estimate of drug-likeness (QED) is 0.0979. The van der Waals surface area contributed by atoms with E-state index < -0.39 is 36.6 Å². The van der Waals surface area contributed by atoms with Crippen molar-refractivity contribution in [3.05, 3.63) is 84.9 Å². The molecule has 40 heavy (non-hydrogen) atoms. The van der Waals surface area contributed by atoms with E-state index in [1.807, 2.05) is 0 Å². The number of azo groups is 2. The van der Waals surface area contributed by atoms with Crippen molar-refractivity contribution in [1.29, 1.82) is 0 Å². The summed E-state index contributed by atoms with van der Waals surface area (Å²) in [6.45, 7) is 0. The highest BCUT2D eigenvalue weighted by Crippen LogP contribution is 2.43. The molecule has 0 amide bonds. The van der Waals surface area contributed by atoms with Gasteiger partial charge in [0.1, 0.15) is 10.6 Å². The van der Waals surface area contributed by atoms with Gasteiger partial charge in [0.25, 0.3) is 20.2 Å². The van der Waals surface area contributed by atoms with Crippen LogP contribution >= 0.6 is 0 Å². The average molecular weight is 578 g/mol. The van der Waals surface area contributed by atoms with Gasteiger partial charge in [-0.2, -0.15) is 21.9 Å². The molecule has 0 heterocycles. The number of hydrogen-bond acceptors (Lipinski definition) is 10. The minimum atomic E-state index is -4.78. The molecule has 0 atom stereocenters. The second kappa shape index (κ2) is 10.1. The summed E-state index contributed by atoms with van der Waals surface area (Å²) >= 11 is 0. The zero-order valence-corrected chi connectivity index (χ0v) is 21.9. The maximum absolute atomic E-state index is 12.1. The summed E-state index contributed by atoms with van der Waals surface area (Å²) in [5, 5.41) is 29.1. The molecule has 0 saturated heterocycles. The van der Waals surface area contributed by atoms with Crippen LogP contribution in [0.2, 0.25) is 0 Å².